The van der Waals surface area contributed by atoms with E-state index in [9.17, 15) is 13.2 Å². The number of nitrogens with one attached hydrogen (secondary N) is 1. The first-order valence-electron chi connectivity index (χ1n) is 11.3. The molecule has 2 heterocycles. The van der Waals surface area contributed by atoms with Gasteiger partial charge in [-0.1, -0.05) is 6.07 Å². The number of carbonyl (C=O) groups is 1. The Morgan fingerprint density at radius 2 is 1.78 bits per heavy atom. The average molecular weight is 450 g/mol. The van der Waals surface area contributed by atoms with E-state index in [4.69, 9.17) is 0 Å². The Labute approximate surface area is 188 Å². The molecule has 0 fully saturated rings. The Kier molecular flexibility index (Phi) is 5.59. The Morgan fingerprint density at radius 1 is 0.969 bits per heavy atom. The van der Waals surface area contributed by atoms with Crippen LogP contribution in [0.2, 0.25) is 0 Å². The molecule has 1 amide bonds. The van der Waals surface area contributed by atoms with Crippen LogP contribution in [0.3, 0.4) is 0 Å². The Balaban J connectivity index is 1.20. The molecule has 5 rings (SSSR count). The lowest BCUT2D eigenvalue weighted by molar-refractivity contribution is -0.115. The van der Waals surface area contributed by atoms with Crippen molar-refractivity contribution < 1.29 is 13.2 Å². The van der Waals surface area contributed by atoms with Gasteiger partial charge in [0.2, 0.25) is 5.91 Å². The predicted octanol–water partition coefficient (Wildman–Crippen LogP) is 4.18. The molecule has 0 bridgehead atoms. The number of fused-ring (bicyclic) bond motifs is 2. The van der Waals surface area contributed by atoms with Gasteiger partial charge >= 0.3 is 0 Å². The lowest BCUT2D eigenvalue weighted by Crippen LogP contribution is -2.17. The lowest BCUT2D eigenvalue weighted by atomic mass is 10.1. The van der Waals surface area contributed by atoms with Crippen LogP contribution in [0.1, 0.15) is 42.5 Å². The Hall–Kier alpha value is -2.93. The quantitative estimate of drug-likeness (QED) is 0.612. The van der Waals surface area contributed by atoms with Gasteiger partial charge in [0.15, 0.2) is 9.84 Å². The summed E-state index contributed by atoms with van der Waals surface area (Å²) in [6.45, 7) is 0.988. The minimum absolute atomic E-state index is 0.0745. The minimum Gasteiger partial charge on any atom is -0.328 e. The lowest BCUT2D eigenvalue weighted by Gasteiger charge is -2.16. The highest BCUT2D eigenvalue weighted by Crippen LogP contribution is 2.27. The highest BCUT2D eigenvalue weighted by Gasteiger charge is 2.20. The van der Waals surface area contributed by atoms with Crippen molar-refractivity contribution in [2.24, 2.45) is 0 Å². The fraction of sp³-hybridized carbons (Fsp3) is 0.360. The van der Waals surface area contributed by atoms with Crippen molar-refractivity contribution >= 4 is 21.4 Å². The summed E-state index contributed by atoms with van der Waals surface area (Å²) in [5, 5.41) is 2.81. The van der Waals surface area contributed by atoms with Gasteiger partial charge < -0.3 is 9.88 Å². The number of carbonyl (C=O) groups excluding carboxylic acids is 1. The molecule has 0 spiro atoms. The van der Waals surface area contributed by atoms with E-state index in [1.165, 1.54) is 24.1 Å². The first-order valence-corrected chi connectivity index (χ1v) is 12.9. The summed E-state index contributed by atoms with van der Waals surface area (Å²) in [4.78, 5) is 17.3. The number of hydrogen-bond acceptors (Lipinski definition) is 4. The molecule has 1 aliphatic heterocycles. The Morgan fingerprint density at radius 3 is 2.62 bits per heavy atom. The Bertz CT molecular complexity index is 1260. The number of hydrogen-bond donors (Lipinski definition) is 1. The van der Waals surface area contributed by atoms with E-state index in [-0.39, 0.29) is 18.1 Å². The van der Waals surface area contributed by atoms with Gasteiger partial charge in [-0.2, -0.15) is 0 Å². The molecule has 0 radical (unpaired) electrons. The van der Waals surface area contributed by atoms with Gasteiger partial charge in [-0.05, 0) is 86.1 Å². The molecule has 0 atom stereocenters. The molecule has 2 aromatic carbocycles. The number of imidazole rings is 1. The second kappa shape index (κ2) is 8.54. The predicted molar refractivity (Wildman–Crippen MR) is 124 cm³/mol. The molecule has 3 aromatic rings. The van der Waals surface area contributed by atoms with Crippen LogP contribution in [0.25, 0.3) is 11.4 Å². The molecule has 6 nitrogen and oxygen atoms in total. The highest BCUT2D eigenvalue weighted by molar-refractivity contribution is 7.91. The van der Waals surface area contributed by atoms with Crippen molar-refractivity contribution in [1.29, 1.82) is 0 Å². The molecule has 0 saturated heterocycles. The molecular formula is C25H27N3O3S. The second-order valence-electron chi connectivity index (χ2n) is 8.66. The van der Waals surface area contributed by atoms with Gasteiger partial charge in [-0.25, -0.2) is 13.4 Å². The molecule has 7 heteroatoms. The van der Waals surface area contributed by atoms with Crippen LogP contribution in [0.4, 0.5) is 5.69 Å². The zero-order valence-electron chi connectivity index (χ0n) is 18.0. The average Bonchev–Trinajstić information content (AvgIpc) is 3.45. The summed E-state index contributed by atoms with van der Waals surface area (Å²) in [6.07, 6.45) is 8.33. The van der Waals surface area contributed by atoms with Crippen molar-refractivity contribution in [3.05, 3.63) is 65.5 Å². The maximum atomic E-state index is 12.7. The third-order valence-corrected chi connectivity index (χ3v) is 8.17. The molecule has 166 valence electrons. The summed E-state index contributed by atoms with van der Waals surface area (Å²) in [7, 11) is -3.49. The molecule has 0 unspecified atom stereocenters. The number of aryl methyl sites for hydroxylation is 3. The van der Waals surface area contributed by atoms with Gasteiger partial charge in [0.25, 0.3) is 0 Å². The summed E-state index contributed by atoms with van der Waals surface area (Å²) >= 11 is 0. The van der Waals surface area contributed by atoms with Crippen LogP contribution in [-0.4, -0.2) is 29.6 Å². The summed E-state index contributed by atoms with van der Waals surface area (Å²) < 4.78 is 27.7. The number of benzene rings is 2. The first-order chi connectivity index (χ1) is 15.5. The van der Waals surface area contributed by atoms with E-state index < -0.39 is 9.84 Å². The molecular weight excluding hydrogens is 422 g/mol. The van der Waals surface area contributed by atoms with Crippen molar-refractivity contribution in [2.45, 2.75) is 56.4 Å². The molecule has 32 heavy (non-hydrogen) atoms. The zero-order chi connectivity index (χ0) is 22.1. The highest BCUT2D eigenvalue weighted by atomic mass is 32.2. The van der Waals surface area contributed by atoms with E-state index in [2.05, 4.69) is 14.9 Å². The standard InChI is InChI=1S/C25H27N3O3S/c29-24(13-15-32(30,31)23-12-9-18-4-3-5-20(18)16-23)27-21-10-7-19(8-11-21)25-26-17-22-6-1-2-14-28(22)25/h7-12,16-17H,1-6,13-15H2,(H,27,29). The normalized spacial score (nSPS) is 15.2. The van der Waals surface area contributed by atoms with Crippen LogP contribution in [0, 0.1) is 0 Å². The maximum absolute atomic E-state index is 12.7. The van der Waals surface area contributed by atoms with E-state index >= 15 is 0 Å². The number of nitrogens with zero attached hydrogens (tertiary/aromatic N) is 2. The van der Waals surface area contributed by atoms with Crippen molar-refractivity contribution in [2.75, 3.05) is 11.1 Å². The number of sulfone groups is 1. The largest absolute Gasteiger partial charge is 0.328 e. The van der Waals surface area contributed by atoms with Gasteiger partial charge in [-0.15, -0.1) is 0 Å². The third-order valence-electron chi connectivity index (χ3n) is 6.46. The zero-order valence-corrected chi connectivity index (χ0v) is 18.8. The summed E-state index contributed by atoms with van der Waals surface area (Å²) in [5.41, 5.74) is 5.29. The van der Waals surface area contributed by atoms with Crippen LogP contribution in [-0.2, 0) is 40.4 Å². The third kappa shape index (κ3) is 4.21. The minimum atomic E-state index is -3.49. The van der Waals surface area contributed by atoms with Crippen molar-refractivity contribution in [3.8, 4) is 11.4 Å². The maximum Gasteiger partial charge on any atom is 0.225 e. The van der Waals surface area contributed by atoms with Crippen LogP contribution in [0.5, 0.6) is 0 Å². The van der Waals surface area contributed by atoms with Gasteiger partial charge in [-0.3, -0.25) is 4.79 Å². The summed E-state index contributed by atoms with van der Waals surface area (Å²) in [6, 6.07) is 12.9. The van der Waals surface area contributed by atoms with E-state index in [1.807, 2.05) is 36.5 Å². The van der Waals surface area contributed by atoms with E-state index in [0.717, 1.165) is 49.2 Å². The first kappa shape index (κ1) is 20.9. The smallest absolute Gasteiger partial charge is 0.225 e. The molecule has 1 N–H and O–H groups in total. The van der Waals surface area contributed by atoms with Crippen molar-refractivity contribution in [1.82, 2.24) is 9.55 Å². The molecule has 0 saturated carbocycles. The number of rotatable bonds is 6. The number of aromatic nitrogens is 2. The second-order valence-corrected chi connectivity index (χ2v) is 10.8. The van der Waals surface area contributed by atoms with Gasteiger partial charge in [0.05, 0.1) is 10.6 Å². The topological polar surface area (TPSA) is 81.1 Å². The summed E-state index contributed by atoms with van der Waals surface area (Å²) in [5.74, 6) is 0.453. The van der Waals surface area contributed by atoms with Crippen molar-refractivity contribution in [3.63, 3.8) is 0 Å². The van der Waals surface area contributed by atoms with E-state index in [0.29, 0.717) is 10.6 Å². The van der Waals surface area contributed by atoms with Crippen LogP contribution in [0.15, 0.2) is 53.6 Å². The monoisotopic (exact) mass is 449 g/mol. The molecule has 2 aliphatic rings. The molecule has 1 aliphatic carbocycles. The SMILES string of the molecule is O=C(CCS(=O)(=O)c1ccc2c(c1)CCC2)Nc1ccc(-c2ncc3n2CCCC3)cc1. The van der Waals surface area contributed by atoms with Gasteiger partial charge in [0.1, 0.15) is 5.82 Å². The molecule has 1 aromatic heterocycles. The number of anilines is 1. The van der Waals surface area contributed by atoms with Crippen LogP contribution >= 0.6 is 0 Å². The van der Waals surface area contributed by atoms with E-state index in [1.54, 1.807) is 12.1 Å². The van der Waals surface area contributed by atoms with Crippen LogP contribution < -0.4 is 5.32 Å². The number of amides is 1. The van der Waals surface area contributed by atoms with Gasteiger partial charge in [0, 0.05) is 36.1 Å². The fourth-order valence-electron chi connectivity index (χ4n) is 4.68. The fourth-order valence-corrected chi connectivity index (χ4v) is 5.97.